The van der Waals surface area contributed by atoms with Gasteiger partial charge in [0.15, 0.2) is 0 Å². The monoisotopic (exact) mass is 547 g/mol. The van der Waals surface area contributed by atoms with Crippen LogP contribution in [0.1, 0.15) is 50.5 Å². The van der Waals surface area contributed by atoms with E-state index in [-0.39, 0.29) is 33.5 Å². The van der Waals surface area contributed by atoms with Gasteiger partial charge in [-0.1, -0.05) is 28.4 Å². The molecular weight excluding hydrogens is 526 g/mol. The summed E-state index contributed by atoms with van der Waals surface area (Å²) in [5, 5.41) is 6.94. The number of thiophene rings is 1. The number of rotatable bonds is 4. The molecule has 35 heavy (non-hydrogen) atoms. The Balaban J connectivity index is 1.30. The normalized spacial score (nSPS) is 23.9. The van der Waals surface area contributed by atoms with Gasteiger partial charge in [0.25, 0.3) is 11.5 Å². The number of benzene rings is 1. The molecular formula is C23H22Cl2F3N3O3S. The largest absolute Gasteiger partial charge is 0.435 e. The fraction of sp³-hybridized carbons (Fsp3) is 0.478. The number of hydrogen-bond acceptors (Lipinski definition) is 6. The number of hydrogen-bond donors (Lipinski definition) is 1. The molecule has 12 heteroatoms. The van der Waals surface area contributed by atoms with E-state index in [1.807, 2.05) is 6.92 Å². The van der Waals surface area contributed by atoms with Gasteiger partial charge in [0.1, 0.15) is 5.84 Å². The smallest absolute Gasteiger partial charge is 0.376 e. The van der Waals surface area contributed by atoms with E-state index < -0.39 is 18.2 Å². The van der Waals surface area contributed by atoms with Crippen LogP contribution in [0.5, 0.6) is 0 Å². The maximum absolute atomic E-state index is 14.3. The van der Waals surface area contributed by atoms with Crippen molar-refractivity contribution in [3.63, 3.8) is 0 Å². The minimum Gasteiger partial charge on any atom is -0.376 e. The van der Waals surface area contributed by atoms with Crippen LogP contribution >= 0.6 is 34.5 Å². The zero-order valence-electron chi connectivity index (χ0n) is 18.7. The third kappa shape index (κ3) is 4.50. The lowest BCUT2D eigenvalue weighted by Crippen LogP contribution is -2.43. The molecule has 2 atom stereocenters. The van der Waals surface area contributed by atoms with Crippen molar-refractivity contribution in [2.24, 2.45) is 5.16 Å². The molecule has 1 saturated heterocycles. The Morgan fingerprint density at radius 1 is 1.29 bits per heavy atom. The van der Waals surface area contributed by atoms with Crippen molar-refractivity contribution in [1.29, 1.82) is 0 Å². The van der Waals surface area contributed by atoms with Crippen LogP contribution in [0.4, 0.5) is 13.2 Å². The Hall–Kier alpha value is -2.01. The second kappa shape index (κ2) is 9.14. The van der Waals surface area contributed by atoms with Gasteiger partial charge in [-0.15, -0.1) is 11.3 Å². The van der Waals surface area contributed by atoms with Crippen LogP contribution in [0.25, 0.3) is 0 Å². The molecule has 0 aliphatic carbocycles. The highest BCUT2D eigenvalue weighted by Crippen LogP contribution is 2.50. The number of carbonyl (C=O) groups excluding carboxylic acids is 1. The first kappa shape index (κ1) is 24.7. The maximum atomic E-state index is 14.3. The summed E-state index contributed by atoms with van der Waals surface area (Å²) < 4.78 is 48.3. The van der Waals surface area contributed by atoms with E-state index >= 15 is 0 Å². The van der Waals surface area contributed by atoms with Gasteiger partial charge in [0.05, 0.1) is 23.9 Å². The molecule has 2 aromatic rings. The lowest BCUT2D eigenvalue weighted by Gasteiger charge is -2.30. The minimum atomic E-state index is -4.75. The van der Waals surface area contributed by atoms with Gasteiger partial charge in [-0.05, 0) is 49.1 Å². The van der Waals surface area contributed by atoms with Crippen LogP contribution in [0.15, 0.2) is 23.4 Å². The first-order valence-corrected chi connectivity index (χ1v) is 12.7. The van der Waals surface area contributed by atoms with Crippen LogP contribution in [0.2, 0.25) is 10.0 Å². The summed E-state index contributed by atoms with van der Waals surface area (Å²) >= 11 is 13.3. The highest BCUT2D eigenvalue weighted by atomic mass is 35.5. The van der Waals surface area contributed by atoms with Crippen molar-refractivity contribution < 1.29 is 27.5 Å². The van der Waals surface area contributed by atoms with Gasteiger partial charge in [0.2, 0.25) is 0 Å². The van der Waals surface area contributed by atoms with Crippen molar-refractivity contribution in [3.8, 4) is 0 Å². The molecule has 1 aromatic heterocycles. The van der Waals surface area contributed by atoms with Gasteiger partial charge in [-0.25, -0.2) is 0 Å². The fourth-order valence-electron chi connectivity index (χ4n) is 4.70. The molecule has 0 radical (unpaired) electrons. The SMILES string of the molecule is Cc1c(C(=O)NCC2CCCO2)sc2c1CN(C1=NOC(c3cc(Cl)cc(Cl)c3)(C(F)(F)F)C1)C2. The summed E-state index contributed by atoms with van der Waals surface area (Å²) in [6, 6.07) is 3.76. The van der Waals surface area contributed by atoms with Gasteiger partial charge < -0.3 is 19.8 Å². The molecule has 0 spiro atoms. The number of nitrogens with one attached hydrogen (secondary N) is 1. The van der Waals surface area contributed by atoms with Gasteiger partial charge in [0, 0.05) is 40.2 Å². The van der Waals surface area contributed by atoms with E-state index in [9.17, 15) is 18.0 Å². The molecule has 1 fully saturated rings. The van der Waals surface area contributed by atoms with Crippen molar-refractivity contribution >= 4 is 46.3 Å². The molecule has 1 aromatic carbocycles. The maximum Gasteiger partial charge on any atom is 0.435 e. The van der Waals surface area contributed by atoms with Crippen molar-refractivity contribution in [2.45, 2.75) is 57.2 Å². The Morgan fingerprint density at radius 2 is 2.03 bits per heavy atom. The predicted octanol–water partition coefficient (Wildman–Crippen LogP) is 5.78. The topological polar surface area (TPSA) is 63.2 Å². The Morgan fingerprint density at radius 3 is 2.66 bits per heavy atom. The lowest BCUT2D eigenvalue weighted by molar-refractivity contribution is -0.275. The number of carbonyl (C=O) groups is 1. The average Bonchev–Trinajstić information content (AvgIpc) is 3.56. The highest BCUT2D eigenvalue weighted by Gasteiger charge is 2.63. The number of halogens is 5. The number of alkyl halides is 3. The third-order valence-electron chi connectivity index (χ3n) is 6.62. The first-order valence-electron chi connectivity index (χ1n) is 11.1. The van der Waals surface area contributed by atoms with E-state index in [0.29, 0.717) is 24.5 Å². The quantitative estimate of drug-likeness (QED) is 0.527. The van der Waals surface area contributed by atoms with E-state index in [1.165, 1.54) is 29.5 Å². The van der Waals surface area contributed by atoms with Crippen LogP contribution < -0.4 is 5.32 Å². The molecule has 1 amide bonds. The van der Waals surface area contributed by atoms with Crippen molar-refractivity contribution in [2.75, 3.05) is 13.2 Å². The number of amides is 1. The Bertz CT molecular complexity index is 1180. The summed E-state index contributed by atoms with van der Waals surface area (Å²) in [6.45, 7) is 3.75. The average molecular weight is 548 g/mol. The molecule has 0 bridgehead atoms. The van der Waals surface area contributed by atoms with Crippen LogP contribution in [-0.2, 0) is 28.3 Å². The minimum absolute atomic E-state index is 0.0465. The summed E-state index contributed by atoms with van der Waals surface area (Å²) in [5.74, 6) is 0.0324. The molecule has 3 aliphatic heterocycles. The second-order valence-corrected chi connectivity index (χ2v) is 10.9. The van der Waals surface area contributed by atoms with Gasteiger partial charge in [-0.3, -0.25) is 4.79 Å². The number of ether oxygens (including phenoxy) is 1. The standard InChI is InChI=1S/C23H22Cl2F3N3O3S/c1-12-17-10-31(11-18(17)35-20(12)21(32)29-9-16-3-2-4-33-16)19-8-22(34-30-19,23(26,27)28)13-5-14(24)7-15(25)6-13/h5-7,16H,2-4,8-11H2,1H3,(H,29,32). The van der Waals surface area contributed by atoms with Gasteiger partial charge >= 0.3 is 6.18 Å². The summed E-state index contributed by atoms with van der Waals surface area (Å²) in [5.41, 5.74) is -1.10. The molecule has 6 nitrogen and oxygen atoms in total. The van der Waals surface area contributed by atoms with Crippen molar-refractivity contribution in [3.05, 3.63) is 54.7 Å². The highest BCUT2D eigenvalue weighted by molar-refractivity contribution is 7.14. The van der Waals surface area contributed by atoms with Crippen LogP contribution in [0, 0.1) is 6.92 Å². The molecule has 5 rings (SSSR count). The summed E-state index contributed by atoms with van der Waals surface area (Å²) in [6.07, 6.45) is -3.28. The molecule has 4 heterocycles. The molecule has 188 valence electrons. The zero-order chi connectivity index (χ0) is 25.0. The second-order valence-electron chi connectivity index (χ2n) is 8.92. The Labute approximate surface area is 214 Å². The summed E-state index contributed by atoms with van der Waals surface area (Å²) in [4.78, 5) is 21.1. The van der Waals surface area contributed by atoms with E-state index in [2.05, 4.69) is 10.5 Å². The third-order valence-corrected chi connectivity index (χ3v) is 8.38. The van der Waals surface area contributed by atoms with E-state index in [4.69, 9.17) is 32.8 Å². The molecule has 1 N–H and O–H groups in total. The molecule has 3 aliphatic rings. The predicted molar refractivity (Wildman–Crippen MR) is 127 cm³/mol. The van der Waals surface area contributed by atoms with E-state index in [1.54, 1.807) is 4.90 Å². The van der Waals surface area contributed by atoms with Crippen molar-refractivity contribution in [1.82, 2.24) is 10.2 Å². The van der Waals surface area contributed by atoms with E-state index in [0.717, 1.165) is 35.5 Å². The number of amidine groups is 1. The van der Waals surface area contributed by atoms with Gasteiger partial charge in [-0.2, -0.15) is 13.2 Å². The zero-order valence-corrected chi connectivity index (χ0v) is 21.0. The lowest BCUT2D eigenvalue weighted by atomic mass is 9.89. The fourth-order valence-corrected chi connectivity index (χ4v) is 6.47. The van der Waals surface area contributed by atoms with Crippen LogP contribution in [-0.4, -0.2) is 42.1 Å². The van der Waals surface area contributed by atoms with Crippen LogP contribution in [0.3, 0.4) is 0 Å². The number of nitrogens with zero attached hydrogens (tertiary/aromatic N) is 2. The first-order chi connectivity index (χ1) is 16.6. The number of fused-ring (bicyclic) bond motifs is 1. The molecule has 2 unspecified atom stereocenters. The molecule has 0 saturated carbocycles. The summed E-state index contributed by atoms with van der Waals surface area (Å²) in [7, 11) is 0. The Kier molecular flexibility index (Phi) is 6.44. The number of oxime groups is 1.